The van der Waals surface area contributed by atoms with E-state index in [1.807, 2.05) is 51.2 Å². The van der Waals surface area contributed by atoms with Crippen molar-refractivity contribution in [2.75, 3.05) is 7.05 Å². The maximum atomic E-state index is 14.0. The third-order valence-corrected chi connectivity index (χ3v) is 2.95. The highest BCUT2D eigenvalue weighted by Crippen LogP contribution is 2.26. The minimum Gasteiger partial charge on any atom is -0.491 e. The summed E-state index contributed by atoms with van der Waals surface area (Å²) in [4.78, 5) is 0. The predicted molar refractivity (Wildman–Crippen MR) is 80.4 cm³/mol. The topological polar surface area (TPSA) is 21.3 Å². The lowest BCUT2D eigenvalue weighted by Gasteiger charge is -2.11. The van der Waals surface area contributed by atoms with E-state index in [9.17, 15) is 4.39 Å². The van der Waals surface area contributed by atoms with Crippen LogP contribution >= 0.6 is 0 Å². The van der Waals surface area contributed by atoms with E-state index in [-0.39, 0.29) is 11.9 Å². The smallest absolute Gasteiger partial charge is 0.131 e. The highest BCUT2D eigenvalue weighted by molar-refractivity contribution is 5.65. The van der Waals surface area contributed by atoms with Crippen molar-refractivity contribution in [1.82, 2.24) is 5.32 Å². The van der Waals surface area contributed by atoms with E-state index in [0.29, 0.717) is 5.56 Å². The molecule has 2 aromatic carbocycles. The van der Waals surface area contributed by atoms with Gasteiger partial charge in [-0.05, 0) is 56.3 Å². The van der Waals surface area contributed by atoms with Crippen LogP contribution in [0.5, 0.6) is 5.75 Å². The lowest BCUT2D eigenvalue weighted by molar-refractivity contribution is 0.242. The van der Waals surface area contributed by atoms with E-state index in [0.717, 1.165) is 23.4 Å². The molecule has 0 unspecified atom stereocenters. The Morgan fingerprint density at radius 2 is 1.80 bits per heavy atom. The number of halogens is 1. The SMILES string of the molecule is CNCc1ccc(F)c(-c2ccc(OC(C)C)cc2)c1. The summed E-state index contributed by atoms with van der Waals surface area (Å²) in [5.41, 5.74) is 2.54. The number of rotatable bonds is 5. The van der Waals surface area contributed by atoms with E-state index < -0.39 is 0 Å². The van der Waals surface area contributed by atoms with Gasteiger partial charge in [-0.15, -0.1) is 0 Å². The van der Waals surface area contributed by atoms with E-state index in [1.165, 1.54) is 6.07 Å². The average Bonchev–Trinajstić information content (AvgIpc) is 2.42. The van der Waals surface area contributed by atoms with Gasteiger partial charge >= 0.3 is 0 Å². The van der Waals surface area contributed by atoms with Gasteiger partial charge in [0.05, 0.1) is 6.10 Å². The van der Waals surface area contributed by atoms with Crippen LogP contribution in [0.4, 0.5) is 4.39 Å². The molecule has 106 valence electrons. The number of nitrogens with one attached hydrogen (secondary N) is 1. The van der Waals surface area contributed by atoms with Crippen LogP contribution < -0.4 is 10.1 Å². The highest BCUT2D eigenvalue weighted by Gasteiger charge is 2.07. The second-order valence-electron chi connectivity index (χ2n) is 5.04. The second kappa shape index (κ2) is 6.53. The summed E-state index contributed by atoms with van der Waals surface area (Å²) in [5.74, 6) is 0.595. The van der Waals surface area contributed by atoms with Crippen molar-refractivity contribution in [3.8, 4) is 16.9 Å². The summed E-state index contributed by atoms with van der Waals surface area (Å²) in [6.07, 6.45) is 0.136. The third-order valence-electron chi connectivity index (χ3n) is 2.95. The second-order valence-corrected chi connectivity index (χ2v) is 5.04. The normalized spacial score (nSPS) is 10.8. The lowest BCUT2D eigenvalue weighted by atomic mass is 10.0. The van der Waals surface area contributed by atoms with E-state index in [2.05, 4.69) is 5.32 Å². The van der Waals surface area contributed by atoms with Gasteiger partial charge in [0, 0.05) is 12.1 Å². The van der Waals surface area contributed by atoms with Gasteiger partial charge in [0.1, 0.15) is 11.6 Å². The van der Waals surface area contributed by atoms with Gasteiger partial charge in [-0.1, -0.05) is 18.2 Å². The molecule has 2 aromatic rings. The first-order valence-electron chi connectivity index (χ1n) is 6.80. The standard InChI is InChI=1S/C17H20FNO/c1-12(2)20-15-7-5-14(6-8-15)16-10-13(11-19-3)4-9-17(16)18/h4-10,12,19H,11H2,1-3H3. The van der Waals surface area contributed by atoms with Crippen molar-refractivity contribution >= 4 is 0 Å². The van der Waals surface area contributed by atoms with Crippen LogP contribution in [0.15, 0.2) is 42.5 Å². The van der Waals surface area contributed by atoms with Crippen LogP contribution in [0.1, 0.15) is 19.4 Å². The Kier molecular flexibility index (Phi) is 4.74. The highest BCUT2D eigenvalue weighted by atomic mass is 19.1. The summed E-state index contributed by atoms with van der Waals surface area (Å²) in [6.45, 7) is 4.69. The Morgan fingerprint density at radius 1 is 1.10 bits per heavy atom. The molecule has 3 heteroatoms. The Hall–Kier alpha value is -1.87. The van der Waals surface area contributed by atoms with Gasteiger partial charge in [0.25, 0.3) is 0 Å². The van der Waals surface area contributed by atoms with E-state index in [4.69, 9.17) is 4.74 Å². The zero-order valence-electron chi connectivity index (χ0n) is 12.1. The monoisotopic (exact) mass is 273 g/mol. The van der Waals surface area contributed by atoms with Crippen LogP contribution in [-0.4, -0.2) is 13.2 Å². The first-order chi connectivity index (χ1) is 9.60. The molecule has 0 aliphatic rings. The maximum absolute atomic E-state index is 14.0. The number of ether oxygens (including phenoxy) is 1. The number of hydrogen-bond acceptors (Lipinski definition) is 2. The first kappa shape index (κ1) is 14.5. The summed E-state index contributed by atoms with van der Waals surface area (Å²) in [7, 11) is 1.88. The van der Waals surface area contributed by atoms with Gasteiger partial charge < -0.3 is 10.1 Å². The van der Waals surface area contributed by atoms with Crippen molar-refractivity contribution < 1.29 is 9.13 Å². The zero-order chi connectivity index (χ0) is 14.5. The minimum absolute atomic E-state index is 0.136. The molecule has 0 bridgehead atoms. The number of hydrogen-bond donors (Lipinski definition) is 1. The molecule has 0 heterocycles. The average molecular weight is 273 g/mol. The van der Waals surface area contributed by atoms with Crippen molar-refractivity contribution in [3.05, 3.63) is 53.8 Å². The van der Waals surface area contributed by atoms with E-state index in [1.54, 1.807) is 6.07 Å². The first-order valence-corrected chi connectivity index (χ1v) is 6.80. The molecule has 0 aliphatic carbocycles. The van der Waals surface area contributed by atoms with Crippen LogP contribution in [0.3, 0.4) is 0 Å². The molecule has 0 saturated heterocycles. The summed E-state index contributed by atoms with van der Waals surface area (Å²) in [5, 5.41) is 3.07. The number of benzene rings is 2. The van der Waals surface area contributed by atoms with Gasteiger partial charge in [-0.2, -0.15) is 0 Å². The molecule has 0 radical (unpaired) electrons. The third kappa shape index (κ3) is 3.58. The molecule has 2 rings (SSSR count). The molecule has 0 atom stereocenters. The lowest BCUT2D eigenvalue weighted by Crippen LogP contribution is -2.05. The molecule has 0 amide bonds. The van der Waals surface area contributed by atoms with Crippen LogP contribution in [0, 0.1) is 5.82 Å². The Labute approximate surface area is 119 Å². The van der Waals surface area contributed by atoms with Crippen molar-refractivity contribution in [2.45, 2.75) is 26.5 Å². The van der Waals surface area contributed by atoms with Gasteiger partial charge in [0.2, 0.25) is 0 Å². The minimum atomic E-state index is -0.206. The summed E-state index contributed by atoms with van der Waals surface area (Å²) < 4.78 is 19.5. The van der Waals surface area contributed by atoms with Crippen molar-refractivity contribution in [2.24, 2.45) is 0 Å². The molecule has 0 spiro atoms. The summed E-state index contributed by atoms with van der Waals surface area (Å²) in [6, 6.07) is 12.7. The van der Waals surface area contributed by atoms with Crippen LogP contribution in [0.25, 0.3) is 11.1 Å². The van der Waals surface area contributed by atoms with Crippen LogP contribution in [0.2, 0.25) is 0 Å². The zero-order valence-corrected chi connectivity index (χ0v) is 12.1. The largest absolute Gasteiger partial charge is 0.491 e. The summed E-state index contributed by atoms with van der Waals surface area (Å²) >= 11 is 0. The van der Waals surface area contributed by atoms with Gasteiger partial charge in [-0.25, -0.2) is 4.39 Å². The fraction of sp³-hybridized carbons (Fsp3) is 0.294. The fourth-order valence-corrected chi connectivity index (χ4v) is 2.09. The Morgan fingerprint density at radius 3 is 2.40 bits per heavy atom. The molecule has 0 saturated carbocycles. The van der Waals surface area contributed by atoms with Gasteiger partial charge in [-0.3, -0.25) is 0 Å². The molecule has 0 aliphatic heterocycles. The molecule has 2 nitrogen and oxygen atoms in total. The molecule has 0 aromatic heterocycles. The predicted octanol–water partition coefficient (Wildman–Crippen LogP) is 4.00. The molecule has 20 heavy (non-hydrogen) atoms. The van der Waals surface area contributed by atoms with Crippen molar-refractivity contribution in [1.29, 1.82) is 0 Å². The van der Waals surface area contributed by atoms with Crippen LogP contribution in [-0.2, 0) is 6.54 Å². The van der Waals surface area contributed by atoms with Crippen molar-refractivity contribution in [3.63, 3.8) is 0 Å². The van der Waals surface area contributed by atoms with E-state index >= 15 is 0 Å². The molecule has 0 fully saturated rings. The van der Waals surface area contributed by atoms with Gasteiger partial charge in [0.15, 0.2) is 0 Å². The quantitative estimate of drug-likeness (QED) is 0.889. The molecular weight excluding hydrogens is 253 g/mol. The fourth-order valence-electron chi connectivity index (χ4n) is 2.09. The Balaban J connectivity index is 2.28. The maximum Gasteiger partial charge on any atom is 0.131 e. The molecule has 1 N–H and O–H groups in total. The Bertz CT molecular complexity index is 564. The molecular formula is C17H20FNO.